The number of likely N-dealkylation sites (tertiary alicyclic amines) is 1. The van der Waals surface area contributed by atoms with Crippen molar-refractivity contribution in [2.45, 2.75) is 11.2 Å². The molecular formula is C9H10BrNO2. The van der Waals surface area contributed by atoms with Crippen LogP contribution in [0.15, 0.2) is 22.8 Å². The van der Waals surface area contributed by atoms with E-state index in [0.717, 1.165) is 19.5 Å². The number of alkyl halides is 1. The molecule has 4 heteroatoms. The Bertz CT molecular complexity index is 297. The summed E-state index contributed by atoms with van der Waals surface area (Å²) < 4.78 is 5.04. The molecule has 0 aliphatic carbocycles. The third-order valence-electron chi connectivity index (χ3n) is 2.15. The number of hydrogen-bond donors (Lipinski definition) is 0. The van der Waals surface area contributed by atoms with Gasteiger partial charge in [0, 0.05) is 17.9 Å². The van der Waals surface area contributed by atoms with Crippen molar-refractivity contribution in [1.82, 2.24) is 4.90 Å². The first-order chi connectivity index (χ1) is 6.27. The van der Waals surface area contributed by atoms with E-state index in [2.05, 4.69) is 15.9 Å². The Labute approximate surface area is 84.8 Å². The smallest absolute Gasteiger partial charge is 0.289 e. The number of hydrogen-bond acceptors (Lipinski definition) is 2. The van der Waals surface area contributed by atoms with Crippen LogP contribution in [0.2, 0.25) is 0 Å². The summed E-state index contributed by atoms with van der Waals surface area (Å²) in [6.07, 6.45) is 2.54. The molecule has 0 spiro atoms. The molecule has 13 heavy (non-hydrogen) atoms. The van der Waals surface area contributed by atoms with E-state index in [1.54, 1.807) is 17.0 Å². The van der Waals surface area contributed by atoms with Crippen molar-refractivity contribution >= 4 is 21.8 Å². The van der Waals surface area contributed by atoms with Gasteiger partial charge in [0.15, 0.2) is 5.76 Å². The number of rotatable bonds is 1. The molecule has 0 saturated carbocycles. The summed E-state index contributed by atoms with van der Waals surface area (Å²) in [5, 5.41) is 0. The maximum absolute atomic E-state index is 11.7. The summed E-state index contributed by atoms with van der Waals surface area (Å²) in [5.74, 6) is 0.425. The summed E-state index contributed by atoms with van der Waals surface area (Å²) in [4.78, 5) is 13.9. The second-order valence-electron chi connectivity index (χ2n) is 3.11. The van der Waals surface area contributed by atoms with Crippen LogP contribution in [0.1, 0.15) is 17.0 Å². The fourth-order valence-corrected chi connectivity index (χ4v) is 2.01. The minimum absolute atomic E-state index is 0.00745. The van der Waals surface area contributed by atoms with Crippen molar-refractivity contribution in [3.05, 3.63) is 24.2 Å². The summed E-state index contributed by atoms with van der Waals surface area (Å²) in [7, 11) is 0. The molecule has 0 bridgehead atoms. The van der Waals surface area contributed by atoms with E-state index < -0.39 is 0 Å². The second kappa shape index (κ2) is 3.54. The summed E-state index contributed by atoms with van der Waals surface area (Å²) in [5.41, 5.74) is 0. The van der Waals surface area contributed by atoms with Crippen molar-refractivity contribution < 1.29 is 9.21 Å². The van der Waals surface area contributed by atoms with Crippen LogP contribution in [-0.2, 0) is 0 Å². The van der Waals surface area contributed by atoms with Crippen LogP contribution in [0, 0.1) is 0 Å². The maximum atomic E-state index is 11.7. The molecule has 2 rings (SSSR count). The zero-order valence-electron chi connectivity index (χ0n) is 7.07. The minimum atomic E-state index is -0.00745. The largest absolute Gasteiger partial charge is 0.459 e. The molecule has 0 radical (unpaired) electrons. The van der Waals surface area contributed by atoms with Gasteiger partial charge in [-0.15, -0.1) is 0 Å². The molecule has 70 valence electrons. The van der Waals surface area contributed by atoms with Gasteiger partial charge in [0.25, 0.3) is 5.91 Å². The van der Waals surface area contributed by atoms with Crippen LogP contribution in [0.4, 0.5) is 0 Å². The molecule has 1 atom stereocenters. The van der Waals surface area contributed by atoms with Crippen LogP contribution >= 0.6 is 15.9 Å². The van der Waals surface area contributed by atoms with Crippen LogP contribution in [-0.4, -0.2) is 28.7 Å². The van der Waals surface area contributed by atoms with E-state index in [-0.39, 0.29) is 5.91 Å². The highest BCUT2D eigenvalue weighted by Crippen LogP contribution is 2.18. The quantitative estimate of drug-likeness (QED) is 0.707. The zero-order chi connectivity index (χ0) is 9.26. The lowest BCUT2D eigenvalue weighted by molar-refractivity contribution is 0.0762. The Morgan fingerprint density at radius 2 is 2.54 bits per heavy atom. The first-order valence-electron chi connectivity index (χ1n) is 4.24. The Morgan fingerprint density at radius 1 is 1.69 bits per heavy atom. The van der Waals surface area contributed by atoms with Gasteiger partial charge >= 0.3 is 0 Å². The van der Waals surface area contributed by atoms with E-state index >= 15 is 0 Å². The molecule has 1 aliphatic rings. The monoisotopic (exact) mass is 243 g/mol. The molecule has 1 aromatic rings. The first-order valence-corrected chi connectivity index (χ1v) is 5.16. The Balaban J connectivity index is 2.06. The number of carbonyl (C=O) groups excluding carboxylic acids is 1. The number of nitrogens with zero attached hydrogens (tertiary/aromatic N) is 1. The average Bonchev–Trinajstić information content (AvgIpc) is 2.72. The van der Waals surface area contributed by atoms with Crippen LogP contribution in [0.5, 0.6) is 0 Å². The lowest BCUT2D eigenvalue weighted by Gasteiger charge is -2.12. The highest BCUT2D eigenvalue weighted by atomic mass is 79.9. The highest BCUT2D eigenvalue weighted by molar-refractivity contribution is 9.09. The zero-order valence-corrected chi connectivity index (χ0v) is 8.66. The third-order valence-corrected chi connectivity index (χ3v) is 2.90. The van der Waals surface area contributed by atoms with E-state index in [0.29, 0.717) is 10.6 Å². The minimum Gasteiger partial charge on any atom is -0.459 e. The Morgan fingerprint density at radius 3 is 3.08 bits per heavy atom. The number of amides is 1. The molecule has 0 aromatic carbocycles. The lowest BCUT2D eigenvalue weighted by atomic mass is 10.4. The van der Waals surface area contributed by atoms with Crippen LogP contribution in [0.25, 0.3) is 0 Å². The van der Waals surface area contributed by atoms with Crippen molar-refractivity contribution in [2.75, 3.05) is 13.1 Å². The molecule has 1 saturated heterocycles. The van der Waals surface area contributed by atoms with Crippen molar-refractivity contribution in [2.24, 2.45) is 0 Å². The van der Waals surface area contributed by atoms with E-state index in [9.17, 15) is 4.79 Å². The molecular weight excluding hydrogens is 234 g/mol. The standard InChI is InChI=1S/C9H10BrNO2/c10-7-3-4-11(6-7)9(12)8-2-1-5-13-8/h1-2,5,7H,3-4,6H2. The predicted molar refractivity (Wildman–Crippen MR) is 51.9 cm³/mol. The summed E-state index contributed by atoms with van der Waals surface area (Å²) in [6, 6.07) is 3.43. The second-order valence-corrected chi connectivity index (χ2v) is 4.41. The SMILES string of the molecule is O=C(c1ccco1)N1CCC(Br)C1. The average molecular weight is 244 g/mol. The van der Waals surface area contributed by atoms with Gasteiger partial charge in [-0.2, -0.15) is 0 Å². The van der Waals surface area contributed by atoms with Gasteiger partial charge in [0.2, 0.25) is 0 Å². The van der Waals surface area contributed by atoms with Crippen molar-refractivity contribution in [3.8, 4) is 0 Å². The fraction of sp³-hybridized carbons (Fsp3) is 0.444. The maximum Gasteiger partial charge on any atom is 0.289 e. The van der Waals surface area contributed by atoms with Gasteiger partial charge in [-0.3, -0.25) is 4.79 Å². The third kappa shape index (κ3) is 1.77. The van der Waals surface area contributed by atoms with Crippen LogP contribution < -0.4 is 0 Å². The Kier molecular flexibility index (Phi) is 2.40. The summed E-state index contributed by atoms with van der Waals surface area (Å²) >= 11 is 3.49. The first kappa shape index (κ1) is 8.81. The van der Waals surface area contributed by atoms with Crippen molar-refractivity contribution in [3.63, 3.8) is 0 Å². The van der Waals surface area contributed by atoms with Gasteiger partial charge in [-0.25, -0.2) is 0 Å². The van der Waals surface area contributed by atoms with E-state index in [1.807, 2.05) is 0 Å². The molecule has 1 fully saturated rings. The Hall–Kier alpha value is -0.770. The van der Waals surface area contributed by atoms with Crippen molar-refractivity contribution in [1.29, 1.82) is 0 Å². The van der Waals surface area contributed by atoms with Gasteiger partial charge in [0.1, 0.15) is 0 Å². The molecule has 0 N–H and O–H groups in total. The normalized spacial score (nSPS) is 22.2. The van der Waals surface area contributed by atoms with E-state index in [4.69, 9.17) is 4.42 Å². The van der Waals surface area contributed by atoms with E-state index in [1.165, 1.54) is 6.26 Å². The predicted octanol–water partition coefficient (Wildman–Crippen LogP) is 1.89. The molecule has 1 aliphatic heterocycles. The molecule has 3 nitrogen and oxygen atoms in total. The number of carbonyl (C=O) groups is 1. The molecule has 1 aromatic heterocycles. The van der Waals surface area contributed by atoms with Gasteiger partial charge in [0.05, 0.1) is 6.26 Å². The molecule has 2 heterocycles. The lowest BCUT2D eigenvalue weighted by Crippen LogP contribution is -2.28. The molecule has 1 unspecified atom stereocenters. The number of halogens is 1. The van der Waals surface area contributed by atoms with Crippen LogP contribution in [0.3, 0.4) is 0 Å². The highest BCUT2D eigenvalue weighted by Gasteiger charge is 2.26. The summed E-state index contributed by atoms with van der Waals surface area (Å²) in [6.45, 7) is 1.59. The van der Waals surface area contributed by atoms with Gasteiger partial charge in [-0.05, 0) is 18.6 Å². The molecule has 1 amide bonds. The van der Waals surface area contributed by atoms with Gasteiger partial charge < -0.3 is 9.32 Å². The number of furan rings is 1. The topological polar surface area (TPSA) is 33.5 Å². The fourth-order valence-electron chi connectivity index (χ4n) is 1.46. The van der Waals surface area contributed by atoms with Gasteiger partial charge in [-0.1, -0.05) is 15.9 Å².